The Morgan fingerprint density at radius 3 is 1.30 bits per heavy atom. The number of aromatic nitrogens is 4. The number of alkyl halides is 6. The molecule has 0 amide bonds. The van der Waals surface area contributed by atoms with Gasteiger partial charge < -0.3 is 0 Å². The Hall–Kier alpha value is -4.81. The molecule has 0 aliphatic heterocycles. The monoisotopic (exact) mass is 562 g/mol. The molecule has 0 saturated carbocycles. The lowest BCUT2D eigenvalue weighted by Crippen LogP contribution is -2.27. The minimum Gasteiger partial charge on any atom is -0.286 e. The average Bonchev–Trinajstić information content (AvgIpc) is 3.44. The molecule has 0 unspecified atom stereocenters. The Kier molecular flexibility index (Phi) is 6.52. The zero-order valence-corrected chi connectivity index (χ0v) is 20.0. The second-order valence-corrected chi connectivity index (χ2v) is 8.73. The van der Waals surface area contributed by atoms with E-state index in [0.717, 1.165) is 24.3 Å². The quantitative estimate of drug-likeness (QED) is 0.258. The van der Waals surface area contributed by atoms with Crippen LogP contribution in [0.3, 0.4) is 0 Å². The number of hydrogen-bond donors (Lipinski definition) is 2. The first-order valence-electron chi connectivity index (χ1n) is 11.6. The third-order valence-electron chi connectivity index (χ3n) is 6.23. The van der Waals surface area contributed by atoms with Crippen LogP contribution in [0.5, 0.6) is 0 Å². The molecule has 40 heavy (non-hydrogen) atoms. The topological polar surface area (TPSA) is 75.6 Å². The van der Waals surface area contributed by atoms with Crippen LogP contribution < -0.4 is 11.1 Å². The van der Waals surface area contributed by atoms with Crippen LogP contribution in [0.2, 0.25) is 0 Å². The van der Waals surface area contributed by atoms with Crippen LogP contribution in [-0.4, -0.2) is 19.6 Å². The van der Waals surface area contributed by atoms with Gasteiger partial charge in [0.25, 0.3) is 11.1 Å². The van der Waals surface area contributed by atoms with Gasteiger partial charge in [-0.3, -0.25) is 19.8 Å². The van der Waals surface area contributed by atoms with E-state index < -0.39 is 57.7 Å². The van der Waals surface area contributed by atoms with Crippen molar-refractivity contribution in [3.8, 4) is 11.4 Å². The maximum Gasteiger partial charge on any atom is 0.433 e. The van der Waals surface area contributed by atoms with Gasteiger partial charge in [-0.2, -0.15) is 26.3 Å². The summed E-state index contributed by atoms with van der Waals surface area (Å²) in [6, 6.07) is 17.6. The van der Waals surface area contributed by atoms with Crippen LogP contribution in [-0.2, 0) is 12.4 Å². The predicted octanol–water partition coefficient (Wildman–Crippen LogP) is 6.00. The molecule has 0 fully saturated rings. The number of rotatable bonds is 5. The molecule has 0 aliphatic rings. The van der Waals surface area contributed by atoms with Gasteiger partial charge in [-0.15, -0.1) is 0 Å². The minimum absolute atomic E-state index is 0.0334. The number of nitrogens with zero attached hydrogens (tertiary/aromatic N) is 2. The largest absolute Gasteiger partial charge is 0.433 e. The zero-order valence-electron chi connectivity index (χ0n) is 20.0. The van der Waals surface area contributed by atoms with Gasteiger partial charge in [-0.1, -0.05) is 48.5 Å². The second-order valence-electron chi connectivity index (χ2n) is 8.73. The summed E-state index contributed by atoms with van der Waals surface area (Å²) in [7, 11) is 0. The number of H-pyrrole nitrogens is 2. The van der Waals surface area contributed by atoms with E-state index >= 15 is 0 Å². The SMILES string of the molecule is O=c1c(C(c2ccc(F)cc2)c2c(C(F)(F)F)[nH]n(-c3ccccc3)c2=O)c(C(F)(F)F)[nH]n1-c1ccccc1. The summed E-state index contributed by atoms with van der Waals surface area (Å²) in [4.78, 5) is 27.2. The molecule has 13 heteroatoms. The molecular formula is C27H17F7N4O2. The summed E-state index contributed by atoms with van der Waals surface area (Å²) >= 11 is 0. The third-order valence-corrected chi connectivity index (χ3v) is 6.23. The molecule has 3 aromatic carbocycles. The summed E-state index contributed by atoms with van der Waals surface area (Å²) in [6.45, 7) is 0. The first-order chi connectivity index (χ1) is 18.9. The zero-order chi connectivity index (χ0) is 28.8. The summed E-state index contributed by atoms with van der Waals surface area (Å²) in [5, 5.41) is 3.92. The van der Waals surface area contributed by atoms with Gasteiger partial charge in [-0.25, -0.2) is 13.8 Å². The van der Waals surface area contributed by atoms with Crippen molar-refractivity contribution in [1.82, 2.24) is 19.6 Å². The van der Waals surface area contributed by atoms with Crippen molar-refractivity contribution < 1.29 is 30.7 Å². The Bertz CT molecular complexity index is 1650. The fourth-order valence-corrected chi connectivity index (χ4v) is 4.52. The molecule has 0 aliphatic carbocycles. The Balaban J connectivity index is 1.91. The van der Waals surface area contributed by atoms with Crippen molar-refractivity contribution >= 4 is 0 Å². The van der Waals surface area contributed by atoms with E-state index in [0.29, 0.717) is 9.36 Å². The summed E-state index contributed by atoms with van der Waals surface area (Å²) in [5.74, 6) is -3.03. The van der Waals surface area contributed by atoms with Gasteiger partial charge in [-0.05, 0) is 42.0 Å². The number of aromatic amines is 2. The molecule has 5 aromatic rings. The number of halogens is 7. The molecule has 0 bridgehead atoms. The number of para-hydroxylation sites is 2. The van der Waals surface area contributed by atoms with Crippen molar-refractivity contribution in [3.63, 3.8) is 0 Å². The predicted molar refractivity (Wildman–Crippen MR) is 130 cm³/mol. The molecule has 6 nitrogen and oxygen atoms in total. The second kappa shape index (κ2) is 9.74. The van der Waals surface area contributed by atoms with E-state index in [-0.39, 0.29) is 16.9 Å². The molecule has 0 spiro atoms. The highest BCUT2D eigenvalue weighted by molar-refractivity contribution is 5.49. The van der Waals surface area contributed by atoms with Crippen LogP contribution in [0, 0.1) is 5.82 Å². The van der Waals surface area contributed by atoms with Crippen LogP contribution in [0.25, 0.3) is 11.4 Å². The minimum atomic E-state index is -5.25. The van der Waals surface area contributed by atoms with E-state index in [1.807, 2.05) is 10.2 Å². The molecule has 0 saturated heterocycles. The summed E-state index contributed by atoms with van der Waals surface area (Å²) in [5.41, 5.74) is -8.73. The van der Waals surface area contributed by atoms with Crippen molar-refractivity contribution in [3.05, 3.63) is 140 Å². The molecular weight excluding hydrogens is 545 g/mol. The van der Waals surface area contributed by atoms with E-state index in [4.69, 9.17) is 0 Å². The number of nitrogens with one attached hydrogen (secondary N) is 2. The Labute approximate surface area is 219 Å². The maximum absolute atomic E-state index is 14.4. The van der Waals surface area contributed by atoms with Crippen LogP contribution in [0.4, 0.5) is 30.7 Å². The normalized spacial score (nSPS) is 12.3. The first kappa shape index (κ1) is 26.8. The lowest BCUT2D eigenvalue weighted by molar-refractivity contribution is -0.142. The highest BCUT2D eigenvalue weighted by Gasteiger charge is 2.46. The van der Waals surface area contributed by atoms with E-state index in [1.54, 1.807) is 12.1 Å². The van der Waals surface area contributed by atoms with Crippen LogP contribution in [0.1, 0.15) is 34.0 Å². The lowest BCUT2D eigenvalue weighted by atomic mass is 9.84. The molecule has 0 radical (unpaired) electrons. The molecule has 0 atom stereocenters. The standard InChI is InChI=1S/C27H17F7N4O2/c28-16-13-11-15(12-14-16)19(20-22(26(29,30)31)35-37(24(20)39)17-7-3-1-4-8-17)21-23(27(32,33)34)36-38(25(21)40)18-9-5-2-6-10-18/h1-14,19,35-36H. The van der Waals surface area contributed by atoms with Gasteiger partial charge in [0, 0.05) is 5.92 Å². The summed E-state index contributed by atoms with van der Waals surface area (Å²) in [6.07, 6.45) is -10.5. The Morgan fingerprint density at radius 1 is 0.575 bits per heavy atom. The van der Waals surface area contributed by atoms with E-state index in [1.165, 1.54) is 48.5 Å². The van der Waals surface area contributed by atoms with Gasteiger partial charge in [0.15, 0.2) is 0 Å². The fourth-order valence-electron chi connectivity index (χ4n) is 4.52. The summed E-state index contributed by atoms with van der Waals surface area (Å²) < 4.78 is 101. The smallest absolute Gasteiger partial charge is 0.286 e. The van der Waals surface area contributed by atoms with Gasteiger partial charge in [0.05, 0.1) is 22.5 Å². The molecule has 206 valence electrons. The maximum atomic E-state index is 14.4. The number of benzene rings is 3. The van der Waals surface area contributed by atoms with Crippen LogP contribution in [0.15, 0.2) is 94.5 Å². The molecule has 2 heterocycles. The molecule has 2 N–H and O–H groups in total. The van der Waals surface area contributed by atoms with Crippen molar-refractivity contribution in [2.75, 3.05) is 0 Å². The highest BCUT2D eigenvalue weighted by atomic mass is 19.4. The lowest BCUT2D eigenvalue weighted by Gasteiger charge is -2.19. The number of hydrogen-bond acceptors (Lipinski definition) is 2. The van der Waals surface area contributed by atoms with Crippen molar-refractivity contribution in [1.29, 1.82) is 0 Å². The average molecular weight is 562 g/mol. The van der Waals surface area contributed by atoms with Gasteiger partial charge >= 0.3 is 12.4 Å². The van der Waals surface area contributed by atoms with Gasteiger partial charge in [0.2, 0.25) is 0 Å². The fraction of sp³-hybridized carbons (Fsp3) is 0.111. The van der Waals surface area contributed by atoms with E-state index in [9.17, 15) is 40.3 Å². The van der Waals surface area contributed by atoms with Crippen molar-refractivity contribution in [2.45, 2.75) is 18.3 Å². The van der Waals surface area contributed by atoms with Gasteiger partial charge in [0.1, 0.15) is 17.2 Å². The Morgan fingerprint density at radius 2 is 0.950 bits per heavy atom. The van der Waals surface area contributed by atoms with Crippen molar-refractivity contribution in [2.24, 2.45) is 0 Å². The van der Waals surface area contributed by atoms with E-state index in [2.05, 4.69) is 0 Å². The molecule has 2 aromatic heterocycles. The molecule has 5 rings (SSSR count). The first-order valence-corrected chi connectivity index (χ1v) is 11.6. The third kappa shape index (κ3) is 4.74. The highest BCUT2D eigenvalue weighted by Crippen LogP contribution is 2.42. The van der Waals surface area contributed by atoms with Crippen LogP contribution >= 0.6 is 0 Å².